The molecule has 2 N–H and O–H groups in total. The second kappa shape index (κ2) is 4.50. The zero-order valence-electron chi connectivity index (χ0n) is 10.6. The number of nitrogens with zero attached hydrogens (tertiary/aromatic N) is 2. The normalized spacial score (nSPS) is 21.9. The summed E-state index contributed by atoms with van der Waals surface area (Å²) in [6.45, 7) is 2.22. The average molecular weight is 257 g/mol. The maximum Gasteiger partial charge on any atom is 0.336 e. The lowest BCUT2D eigenvalue weighted by atomic mass is 9.82. The number of carbonyl (C=O) groups is 1. The van der Waals surface area contributed by atoms with Crippen molar-refractivity contribution in [2.45, 2.75) is 25.8 Å². The smallest absolute Gasteiger partial charge is 0.336 e. The van der Waals surface area contributed by atoms with Crippen molar-refractivity contribution >= 4 is 22.8 Å². The Labute approximate surface area is 110 Å². The largest absolute Gasteiger partial charge is 0.478 e. The zero-order chi connectivity index (χ0) is 13.4. The van der Waals surface area contributed by atoms with Crippen LogP contribution in [0.3, 0.4) is 0 Å². The Morgan fingerprint density at radius 3 is 2.89 bits per heavy atom. The number of carboxylic acids is 1. The minimum atomic E-state index is -0.956. The van der Waals surface area contributed by atoms with Gasteiger partial charge in [0.1, 0.15) is 0 Å². The van der Waals surface area contributed by atoms with E-state index in [0.717, 1.165) is 18.8 Å². The van der Waals surface area contributed by atoms with Gasteiger partial charge in [-0.3, -0.25) is 0 Å². The van der Waals surface area contributed by atoms with Crippen LogP contribution in [0.2, 0.25) is 0 Å². The van der Waals surface area contributed by atoms with Crippen molar-refractivity contribution in [1.29, 1.82) is 0 Å². The molecule has 0 saturated heterocycles. The van der Waals surface area contributed by atoms with Crippen molar-refractivity contribution in [3.8, 4) is 0 Å². The molecule has 1 aromatic carbocycles. The van der Waals surface area contributed by atoms with E-state index in [1.165, 1.54) is 0 Å². The molecule has 0 amide bonds. The predicted molar refractivity (Wildman–Crippen MR) is 72.3 cm³/mol. The number of anilines is 1. The van der Waals surface area contributed by atoms with E-state index in [2.05, 4.69) is 22.2 Å². The monoisotopic (exact) mass is 257 g/mol. The summed E-state index contributed by atoms with van der Waals surface area (Å²) in [5, 5.41) is 13.0. The molecule has 0 spiro atoms. The highest BCUT2D eigenvalue weighted by Crippen LogP contribution is 2.29. The van der Waals surface area contributed by atoms with Gasteiger partial charge in [0.05, 0.1) is 11.1 Å². The van der Waals surface area contributed by atoms with Crippen molar-refractivity contribution in [2.75, 3.05) is 5.32 Å². The molecule has 1 aliphatic rings. The third kappa shape index (κ3) is 2.23. The number of aromatic nitrogens is 2. The number of fused-ring (bicyclic) bond motifs is 1. The zero-order valence-corrected chi connectivity index (χ0v) is 10.6. The van der Waals surface area contributed by atoms with Gasteiger partial charge in [-0.1, -0.05) is 13.0 Å². The Hall–Kier alpha value is -2.17. The third-order valence-electron chi connectivity index (χ3n) is 3.56. The van der Waals surface area contributed by atoms with Gasteiger partial charge in [0.25, 0.3) is 0 Å². The summed E-state index contributed by atoms with van der Waals surface area (Å²) in [6.07, 6.45) is 3.85. The second-order valence-corrected chi connectivity index (χ2v) is 5.15. The number of rotatable bonds is 3. The molecule has 5 nitrogen and oxygen atoms in total. The number of hydrogen-bond acceptors (Lipinski definition) is 4. The number of hydrogen-bond donors (Lipinski definition) is 2. The fraction of sp³-hybridized carbons (Fsp3) is 0.357. The number of nitrogens with one attached hydrogen (secondary N) is 1. The van der Waals surface area contributed by atoms with Crippen LogP contribution in [0.4, 0.5) is 5.95 Å². The molecular weight excluding hydrogens is 242 g/mol. The average Bonchev–Trinajstić information content (AvgIpc) is 2.36. The lowest BCUT2D eigenvalue weighted by molar-refractivity contribution is 0.0699. The Bertz CT molecular complexity index is 636. The van der Waals surface area contributed by atoms with Gasteiger partial charge >= 0.3 is 5.97 Å². The first kappa shape index (κ1) is 11.9. The molecule has 19 heavy (non-hydrogen) atoms. The van der Waals surface area contributed by atoms with Crippen molar-refractivity contribution in [3.05, 3.63) is 30.0 Å². The molecular formula is C14H15N3O2. The molecule has 1 fully saturated rings. The molecule has 1 saturated carbocycles. The molecule has 5 heteroatoms. The molecule has 0 bridgehead atoms. The Morgan fingerprint density at radius 1 is 1.42 bits per heavy atom. The van der Waals surface area contributed by atoms with Gasteiger partial charge in [-0.15, -0.1) is 0 Å². The molecule has 2 aromatic rings. The van der Waals surface area contributed by atoms with Gasteiger partial charge in [-0.2, -0.15) is 0 Å². The quantitative estimate of drug-likeness (QED) is 0.883. The van der Waals surface area contributed by atoms with E-state index in [4.69, 9.17) is 5.11 Å². The van der Waals surface area contributed by atoms with E-state index in [1.807, 2.05) is 0 Å². The molecule has 3 rings (SSSR count). The molecule has 0 atom stereocenters. The fourth-order valence-corrected chi connectivity index (χ4v) is 2.51. The van der Waals surface area contributed by atoms with Gasteiger partial charge < -0.3 is 10.4 Å². The van der Waals surface area contributed by atoms with E-state index in [0.29, 0.717) is 22.9 Å². The first-order chi connectivity index (χ1) is 9.13. The number of aromatic carboxylic acids is 1. The van der Waals surface area contributed by atoms with Crippen molar-refractivity contribution in [1.82, 2.24) is 9.97 Å². The van der Waals surface area contributed by atoms with Crippen LogP contribution in [-0.2, 0) is 0 Å². The topological polar surface area (TPSA) is 75.1 Å². The van der Waals surface area contributed by atoms with Crippen LogP contribution < -0.4 is 5.32 Å². The van der Waals surface area contributed by atoms with Crippen LogP contribution in [-0.4, -0.2) is 27.1 Å². The molecule has 0 radical (unpaired) electrons. The van der Waals surface area contributed by atoms with E-state index < -0.39 is 5.97 Å². The van der Waals surface area contributed by atoms with Crippen LogP contribution in [0.15, 0.2) is 24.4 Å². The SMILES string of the molecule is CC1CC(Nc2ncc3c(C(=O)O)cccc3n2)C1. The summed E-state index contributed by atoms with van der Waals surface area (Å²) in [6, 6.07) is 5.51. The van der Waals surface area contributed by atoms with Crippen molar-refractivity contribution in [3.63, 3.8) is 0 Å². The number of carboxylic acid groups (broad SMARTS) is 1. The van der Waals surface area contributed by atoms with E-state index in [1.54, 1.807) is 24.4 Å². The maximum atomic E-state index is 11.1. The van der Waals surface area contributed by atoms with E-state index >= 15 is 0 Å². The van der Waals surface area contributed by atoms with Crippen LogP contribution in [0.25, 0.3) is 10.9 Å². The summed E-state index contributed by atoms with van der Waals surface area (Å²) < 4.78 is 0. The Kier molecular flexibility index (Phi) is 2.81. The molecule has 98 valence electrons. The Balaban J connectivity index is 1.91. The molecule has 1 aromatic heterocycles. The predicted octanol–water partition coefficient (Wildman–Crippen LogP) is 2.54. The van der Waals surface area contributed by atoms with E-state index in [-0.39, 0.29) is 5.56 Å². The van der Waals surface area contributed by atoms with Crippen LogP contribution in [0.5, 0.6) is 0 Å². The highest BCUT2D eigenvalue weighted by Gasteiger charge is 2.25. The summed E-state index contributed by atoms with van der Waals surface area (Å²) in [5.74, 6) is 0.381. The van der Waals surface area contributed by atoms with Gasteiger partial charge in [-0.25, -0.2) is 14.8 Å². The summed E-state index contributed by atoms with van der Waals surface area (Å²) in [5.41, 5.74) is 0.895. The highest BCUT2D eigenvalue weighted by molar-refractivity contribution is 6.02. The fourth-order valence-electron chi connectivity index (χ4n) is 2.51. The Morgan fingerprint density at radius 2 is 2.21 bits per heavy atom. The van der Waals surface area contributed by atoms with Gasteiger partial charge in [0.15, 0.2) is 0 Å². The molecule has 0 aliphatic heterocycles. The number of benzene rings is 1. The standard InChI is InChI=1S/C14H15N3O2/c1-8-5-9(6-8)16-14-15-7-11-10(13(18)19)3-2-4-12(11)17-14/h2-4,7-9H,5-6H2,1H3,(H,18,19)(H,15,16,17). The van der Waals surface area contributed by atoms with E-state index in [9.17, 15) is 4.79 Å². The summed E-state index contributed by atoms with van der Waals surface area (Å²) in [4.78, 5) is 19.7. The van der Waals surface area contributed by atoms with Crippen molar-refractivity contribution < 1.29 is 9.90 Å². The lowest BCUT2D eigenvalue weighted by Crippen LogP contribution is -2.34. The lowest BCUT2D eigenvalue weighted by Gasteiger charge is -2.33. The van der Waals surface area contributed by atoms with Crippen LogP contribution >= 0.6 is 0 Å². The molecule has 0 unspecified atom stereocenters. The highest BCUT2D eigenvalue weighted by atomic mass is 16.4. The second-order valence-electron chi connectivity index (χ2n) is 5.15. The molecule has 1 heterocycles. The van der Waals surface area contributed by atoms with Crippen LogP contribution in [0, 0.1) is 5.92 Å². The maximum absolute atomic E-state index is 11.1. The summed E-state index contributed by atoms with van der Waals surface area (Å²) in [7, 11) is 0. The van der Waals surface area contributed by atoms with Crippen molar-refractivity contribution in [2.24, 2.45) is 5.92 Å². The first-order valence-electron chi connectivity index (χ1n) is 6.39. The first-order valence-corrected chi connectivity index (χ1v) is 6.39. The minimum Gasteiger partial charge on any atom is -0.478 e. The minimum absolute atomic E-state index is 0.237. The third-order valence-corrected chi connectivity index (χ3v) is 3.56. The van der Waals surface area contributed by atoms with Gasteiger partial charge in [-0.05, 0) is 30.9 Å². The van der Waals surface area contributed by atoms with Gasteiger partial charge in [0.2, 0.25) is 5.95 Å². The molecule has 1 aliphatic carbocycles. The van der Waals surface area contributed by atoms with Gasteiger partial charge in [0, 0.05) is 17.6 Å². The summed E-state index contributed by atoms with van der Waals surface area (Å²) >= 11 is 0. The van der Waals surface area contributed by atoms with Crippen LogP contribution in [0.1, 0.15) is 30.1 Å².